The fraction of sp³-hybridized carbons (Fsp3) is 0.538. The van der Waals surface area contributed by atoms with Gasteiger partial charge in [0.25, 0.3) is 5.69 Å². The van der Waals surface area contributed by atoms with Crippen LogP contribution in [-0.4, -0.2) is 36.0 Å². The van der Waals surface area contributed by atoms with Gasteiger partial charge in [0.1, 0.15) is 11.5 Å². The van der Waals surface area contributed by atoms with Crippen LogP contribution in [0.3, 0.4) is 0 Å². The number of hydrogen-bond donors (Lipinski definition) is 1. The molecule has 0 radical (unpaired) electrons. The molecular weight excluding hydrogens is 285 g/mol. The predicted molar refractivity (Wildman–Crippen MR) is 76.8 cm³/mol. The summed E-state index contributed by atoms with van der Waals surface area (Å²) in [4.78, 5) is 12.7. The van der Waals surface area contributed by atoms with Gasteiger partial charge in [-0.3, -0.25) is 10.1 Å². The average Bonchev–Trinajstić information content (AvgIpc) is 2.87. The number of nitro benzene ring substituents is 1. The van der Waals surface area contributed by atoms with Crippen LogP contribution in [0.2, 0.25) is 5.02 Å². The number of nitrogens with one attached hydrogen (secondary N) is 1. The maximum Gasteiger partial charge on any atom is 0.295 e. The molecule has 1 unspecified atom stereocenters. The van der Waals surface area contributed by atoms with Crippen LogP contribution in [0.5, 0.6) is 0 Å². The number of likely N-dealkylation sites (tertiary alicyclic amines) is 1. The van der Waals surface area contributed by atoms with Gasteiger partial charge in [0, 0.05) is 13.1 Å². The van der Waals surface area contributed by atoms with Crippen molar-refractivity contribution >= 4 is 23.0 Å². The molecule has 5 nitrogen and oxygen atoms in total. The lowest BCUT2D eigenvalue weighted by atomic mass is 10.1. The molecule has 1 aromatic carbocycles. The van der Waals surface area contributed by atoms with Gasteiger partial charge in [-0.1, -0.05) is 18.5 Å². The first-order valence-corrected chi connectivity index (χ1v) is 6.98. The molecule has 2 rings (SSSR count). The second kappa shape index (κ2) is 6.37. The molecule has 0 saturated carbocycles. The molecule has 1 fully saturated rings. The second-order valence-electron chi connectivity index (χ2n) is 4.97. The third-order valence-electron chi connectivity index (χ3n) is 3.63. The number of benzene rings is 1. The molecule has 1 aliphatic heterocycles. The Kier molecular flexibility index (Phi) is 4.77. The molecule has 1 atom stereocenters. The Bertz CT molecular complexity index is 513. The minimum atomic E-state index is -0.776. The van der Waals surface area contributed by atoms with Crippen molar-refractivity contribution in [3.05, 3.63) is 33.1 Å². The minimum absolute atomic E-state index is 0.111. The summed E-state index contributed by atoms with van der Waals surface area (Å²) >= 11 is 5.69. The zero-order chi connectivity index (χ0) is 14.7. The molecule has 110 valence electrons. The van der Waals surface area contributed by atoms with Crippen LogP contribution in [0, 0.1) is 21.8 Å². The van der Waals surface area contributed by atoms with Crippen LogP contribution in [-0.2, 0) is 0 Å². The first kappa shape index (κ1) is 15.0. The summed E-state index contributed by atoms with van der Waals surface area (Å²) in [5, 5.41) is 13.8. The van der Waals surface area contributed by atoms with Crippen LogP contribution in [0.25, 0.3) is 0 Å². The summed E-state index contributed by atoms with van der Waals surface area (Å²) in [5.74, 6) is -0.333. The summed E-state index contributed by atoms with van der Waals surface area (Å²) < 4.78 is 13.3. The summed E-state index contributed by atoms with van der Waals surface area (Å²) in [5.41, 5.74) is -0.00593. The van der Waals surface area contributed by atoms with Gasteiger partial charge < -0.3 is 10.2 Å². The molecule has 7 heteroatoms. The first-order chi connectivity index (χ1) is 9.51. The quantitative estimate of drug-likeness (QED) is 0.670. The van der Waals surface area contributed by atoms with Gasteiger partial charge in [-0.15, -0.1) is 0 Å². The minimum Gasteiger partial charge on any atom is -0.379 e. The summed E-state index contributed by atoms with van der Waals surface area (Å²) in [6.45, 7) is 5.78. The van der Waals surface area contributed by atoms with Gasteiger partial charge in [0.2, 0.25) is 0 Å². The van der Waals surface area contributed by atoms with Gasteiger partial charge in [0.15, 0.2) is 0 Å². The van der Waals surface area contributed by atoms with Gasteiger partial charge in [-0.05, 0) is 31.5 Å². The predicted octanol–water partition coefficient (Wildman–Crippen LogP) is 3.14. The fourth-order valence-electron chi connectivity index (χ4n) is 2.45. The molecule has 0 aliphatic carbocycles. The lowest BCUT2D eigenvalue weighted by molar-refractivity contribution is -0.384. The van der Waals surface area contributed by atoms with Crippen LogP contribution in [0.1, 0.15) is 13.3 Å². The normalized spacial score (nSPS) is 19.2. The average molecular weight is 302 g/mol. The molecule has 1 aromatic rings. The molecule has 0 aromatic heterocycles. The number of hydrogen-bond acceptors (Lipinski definition) is 4. The van der Waals surface area contributed by atoms with E-state index in [0.717, 1.165) is 32.1 Å². The Morgan fingerprint density at radius 1 is 1.60 bits per heavy atom. The van der Waals surface area contributed by atoms with E-state index in [0.29, 0.717) is 12.5 Å². The number of rotatable bonds is 5. The molecule has 0 amide bonds. The Hall–Kier alpha value is -1.40. The van der Waals surface area contributed by atoms with E-state index in [1.54, 1.807) is 0 Å². The van der Waals surface area contributed by atoms with Crippen LogP contribution >= 0.6 is 11.6 Å². The van der Waals surface area contributed by atoms with Crippen molar-refractivity contribution < 1.29 is 9.31 Å². The molecule has 1 N–H and O–H groups in total. The third-order valence-corrected chi connectivity index (χ3v) is 3.92. The molecule has 1 heterocycles. The smallest absolute Gasteiger partial charge is 0.295 e. The third kappa shape index (κ3) is 3.37. The maximum absolute atomic E-state index is 13.3. The standard InChI is InChI=1S/C13H17ClFN3O2/c1-2-17-4-3-9(8-17)7-16-12-5-10(14)11(15)6-13(12)18(19)20/h5-6,9,16H,2-4,7-8H2,1H3. The van der Waals surface area contributed by atoms with Gasteiger partial charge in [0.05, 0.1) is 16.0 Å². The van der Waals surface area contributed by atoms with Crippen LogP contribution in [0.15, 0.2) is 12.1 Å². The Labute approximate surface area is 121 Å². The summed E-state index contributed by atoms with van der Waals surface area (Å²) in [6.07, 6.45) is 1.06. The van der Waals surface area contributed by atoms with Crippen molar-refractivity contribution in [3.8, 4) is 0 Å². The zero-order valence-electron chi connectivity index (χ0n) is 11.2. The van der Waals surface area contributed by atoms with Crippen LogP contribution in [0.4, 0.5) is 15.8 Å². The molecule has 1 aliphatic rings. The first-order valence-electron chi connectivity index (χ1n) is 6.61. The van der Waals surface area contributed by atoms with E-state index in [1.807, 2.05) is 0 Å². The number of anilines is 1. The van der Waals surface area contributed by atoms with Crippen molar-refractivity contribution in [1.82, 2.24) is 4.90 Å². The van der Waals surface area contributed by atoms with Crippen molar-refractivity contribution in [2.24, 2.45) is 5.92 Å². The Morgan fingerprint density at radius 2 is 2.35 bits per heavy atom. The number of nitro groups is 1. The molecule has 0 bridgehead atoms. The van der Waals surface area contributed by atoms with E-state index in [1.165, 1.54) is 6.07 Å². The maximum atomic E-state index is 13.3. The van der Waals surface area contributed by atoms with E-state index in [4.69, 9.17) is 11.6 Å². The van der Waals surface area contributed by atoms with Crippen LogP contribution < -0.4 is 5.32 Å². The summed E-state index contributed by atoms with van der Waals surface area (Å²) in [6, 6.07) is 2.14. The molecule has 0 spiro atoms. The highest BCUT2D eigenvalue weighted by molar-refractivity contribution is 6.31. The van der Waals surface area contributed by atoms with E-state index in [2.05, 4.69) is 17.1 Å². The van der Waals surface area contributed by atoms with E-state index < -0.39 is 10.7 Å². The van der Waals surface area contributed by atoms with Crippen molar-refractivity contribution in [1.29, 1.82) is 0 Å². The van der Waals surface area contributed by atoms with Crippen molar-refractivity contribution in [3.63, 3.8) is 0 Å². The lowest BCUT2D eigenvalue weighted by Gasteiger charge is -2.14. The summed E-state index contributed by atoms with van der Waals surface area (Å²) in [7, 11) is 0. The van der Waals surface area contributed by atoms with Gasteiger partial charge >= 0.3 is 0 Å². The van der Waals surface area contributed by atoms with E-state index >= 15 is 0 Å². The van der Waals surface area contributed by atoms with Gasteiger partial charge in [-0.2, -0.15) is 0 Å². The Morgan fingerprint density at radius 3 is 2.95 bits per heavy atom. The largest absolute Gasteiger partial charge is 0.379 e. The Balaban J connectivity index is 2.05. The highest BCUT2D eigenvalue weighted by atomic mass is 35.5. The molecule has 20 heavy (non-hydrogen) atoms. The molecular formula is C13H17ClFN3O2. The fourth-order valence-corrected chi connectivity index (χ4v) is 2.61. The number of nitrogens with zero attached hydrogens (tertiary/aromatic N) is 2. The zero-order valence-corrected chi connectivity index (χ0v) is 12.0. The van der Waals surface area contributed by atoms with Crippen molar-refractivity contribution in [2.75, 3.05) is 31.5 Å². The highest BCUT2D eigenvalue weighted by Crippen LogP contribution is 2.30. The number of halogens is 2. The SMILES string of the molecule is CCN1CCC(CNc2cc(Cl)c(F)cc2[N+](=O)[O-])C1. The van der Waals surface area contributed by atoms with Crippen molar-refractivity contribution in [2.45, 2.75) is 13.3 Å². The van der Waals surface area contributed by atoms with E-state index in [9.17, 15) is 14.5 Å². The van der Waals surface area contributed by atoms with E-state index in [-0.39, 0.29) is 16.4 Å². The lowest BCUT2D eigenvalue weighted by Crippen LogP contribution is -2.22. The molecule has 1 saturated heterocycles. The topological polar surface area (TPSA) is 58.4 Å². The van der Waals surface area contributed by atoms with Gasteiger partial charge in [-0.25, -0.2) is 4.39 Å². The monoisotopic (exact) mass is 301 g/mol. The second-order valence-corrected chi connectivity index (χ2v) is 5.38. The highest BCUT2D eigenvalue weighted by Gasteiger charge is 2.23.